The van der Waals surface area contributed by atoms with Crippen molar-refractivity contribution in [3.63, 3.8) is 0 Å². The summed E-state index contributed by atoms with van der Waals surface area (Å²) in [4.78, 5) is 42.8. The van der Waals surface area contributed by atoms with Crippen LogP contribution in [0.25, 0.3) is 11.0 Å². The molecule has 3 amide bonds. The second kappa shape index (κ2) is 12.5. The summed E-state index contributed by atoms with van der Waals surface area (Å²) < 4.78 is 1.71. The number of allylic oxidation sites excluding steroid dienone is 2. The van der Waals surface area contributed by atoms with E-state index in [9.17, 15) is 14.4 Å². The van der Waals surface area contributed by atoms with E-state index in [1.54, 1.807) is 9.58 Å². The minimum absolute atomic E-state index is 0.0556. The average Bonchev–Trinajstić information content (AvgIpc) is 3.69. The van der Waals surface area contributed by atoms with Crippen molar-refractivity contribution in [3.8, 4) is 0 Å². The Labute approximate surface area is 224 Å². The average molecular weight is 524 g/mol. The third-order valence-electron chi connectivity index (χ3n) is 7.97. The number of hydrogen-bond donors (Lipinski definition) is 2. The summed E-state index contributed by atoms with van der Waals surface area (Å²) >= 11 is 0. The fourth-order valence-electron chi connectivity index (χ4n) is 5.64. The third kappa shape index (κ3) is 6.40. The van der Waals surface area contributed by atoms with Crippen molar-refractivity contribution in [2.75, 3.05) is 19.6 Å². The molecule has 1 aromatic carbocycles. The summed E-state index contributed by atoms with van der Waals surface area (Å²) in [5.74, 6) is -0.185. The fourth-order valence-corrected chi connectivity index (χ4v) is 5.64. The van der Waals surface area contributed by atoms with Gasteiger partial charge in [0.15, 0.2) is 0 Å². The second-order valence-electron chi connectivity index (χ2n) is 10.6. The lowest BCUT2D eigenvalue weighted by Gasteiger charge is -2.27. The Morgan fingerprint density at radius 3 is 2.71 bits per heavy atom. The molecule has 4 rings (SSSR count). The van der Waals surface area contributed by atoms with Gasteiger partial charge in [-0.15, -0.1) is 5.10 Å². The van der Waals surface area contributed by atoms with Crippen LogP contribution < -0.4 is 11.1 Å². The number of amides is 3. The van der Waals surface area contributed by atoms with Crippen LogP contribution in [0, 0.1) is 5.92 Å². The number of nitrogens with one attached hydrogen (secondary N) is 1. The minimum atomic E-state index is -0.804. The molecule has 1 aromatic heterocycles. The predicted octanol–water partition coefficient (Wildman–Crippen LogP) is 2.28. The fraction of sp³-hybridized carbons (Fsp3) is 0.607. The van der Waals surface area contributed by atoms with Crippen molar-refractivity contribution in [1.82, 2.24) is 30.1 Å². The van der Waals surface area contributed by atoms with Crippen molar-refractivity contribution in [1.29, 1.82) is 0 Å². The van der Waals surface area contributed by atoms with Crippen LogP contribution in [-0.4, -0.2) is 74.2 Å². The molecule has 10 nitrogen and oxygen atoms in total. The highest BCUT2D eigenvalue weighted by Crippen LogP contribution is 2.30. The van der Waals surface area contributed by atoms with Gasteiger partial charge in [0.05, 0.1) is 11.6 Å². The van der Waals surface area contributed by atoms with Crippen LogP contribution >= 0.6 is 0 Å². The van der Waals surface area contributed by atoms with Crippen LogP contribution in [0.2, 0.25) is 0 Å². The Morgan fingerprint density at radius 2 is 2.00 bits per heavy atom. The lowest BCUT2D eigenvalue weighted by atomic mass is 9.95. The van der Waals surface area contributed by atoms with Gasteiger partial charge in [-0.05, 0) is 69.1 Å². The zero-order valence-electron chi connectivity index (χ0n) is 22.9. The zero-order chi connectivity index (χ0) is 27.2. The van der Waals surface area contributed by atoms with E-state index in [-0.39, 0.29) is 36.5 Å². The summed E-state index contributed by atoms with van der Waals surface area (Å²) in [6.45, 7) is 6.55. The molecule has 2 aliphatic heterocycles. The summed E-state index contributed by atoms with van der Waals surface area (Å²) in [6.07, 6.45) is 7.12. The van der Waals surface area contributed by atoms with Crippen LogP contribution in [0.1, 0.15) is 64.4 Å². The Kier molecular flexibility index (Phi) is 9.14. The first-order valence-corrected chi connectivity index (χ1v) is 13.8. The van der Waals surface area contributed by atoms with E-state index in [4.69, 9.17) is 5.73 Å². The standard InChI is InChI=1S/C28H41N7O3/c1-4-19(5-2)14-21-16-25(27(37)30-17-20-8-10-24-23(15-20)31-32-33(24)3)35(18-21)28(38)22(29)9-11-26(36)34-12-6-7-13-34/h4,8,10,15,21-22,25H,5-7,9,11-14,16-18,29H2,1-3H3,(H,30,37)/b19-4+/t21-,22-,25+/m1/s1. The van der Waals surface area contributed by atoms with E-state index in [1.807, 2.05) is 37.1 Å². The number of carbonyl (C=O) groups excluding carboxylic acids is 3. The molecule has 2 aliphatic rings. The molecular formula is C28H41N7O3. The second-order valence-corrected chi connectivity index (χ2v) is 10.6. The number of carbonyl (C=O) groups is 3. The van der Waals surface area contributed by atoms with Crippen LogP contribution in [-0.2, 0) is 28.0 Å². The maximum atomic E-state index is 13.5. The first-order chi connectivity index (χ1) is 18.3. The molecule has 3 heterocycles. The highest BCUT2D eigenvalue weighted by atomic mass is 16.2. The number of likely N-dealkylation sites (tertiary alicyclic amines) is 2. The highest BCUT2D eigenvalue weighted by Gasteiger charge is 2.41. The van der Waals surface area contributed by atoms with Crippen LogP contribution in [0.15, 0.2) is 29.8 Å². The molecule has 0 spiro atoms. The molecule has 10 heteroatoms. The molecule has 0 radical (unpaired) electrons. The summed E-state index contributed by atoms with van der Waals surface area (Å²) in [7, 11) is 1.84. The number of aromatic nitrogens is 3. The lowest BCUT2D eigenvalue weighted by molar-refractivity contribution is -0.140. The molecule has 0 saturated carbocycles. The number of nitrogens with two attached hydrogens (primary N) is 1. The molecule has 0 unspecified atom stereocenters. The predicted molar refractivity (Wildman–Crippen MR) is 146 cm³/mol. The van der Waals surface area contributed by atoms with Gasteiger partial charge in [0.2, 0.25) is 17.7 Å². The lowest BCUT2D eigenvalue weighted by Crippen LogP contribution is -2.51. The van der Waals surface area contributed by atoms with E-state index < -0.39 is 12.1 Å². The number of nitrogens with zero attached hydrogens (tertiary/aromatic N) is 5. The van der Waals surface area contributed by atoms with Crippen molar-refractivity contribution in [2.24, 2.45) is 18.7 Å². The molecule has 206 valence electrons. The number of aryl methyl sites for hydroxylation is 1. The van der Waals surface area contributed by atoms with Crippen molar-refractivity contribution < 1.29 is 14.4 Å². The van der Waals surface area contributed by atoms with E-state index in [0.29, 0.717) is 19.5 Å². The van der Waals surface area contributed by atoms with Gasteiger partial charge in [0.25, 0.3) is 0 Å². The maximum Gasteiger partial charge on any atom is 0.243 e. The van der Waals surface area contributed by atoms with Gasteiger partial charge >= 0.3 is 0 Å². The van der Waals surface area contributed by atoms with Gasteiger partial charge in [-0.25, -0.2) is 4.68 Å². The number of rotatable bonds is 10. The smallest absolute Gasteiger partial charge is 0.243 e. The molecule has 2 aromatic rings. The number of benzene rings is 1. The summed E-state index contributed by atoms with van der Waals surface area (Å²) in [5.41, 5.74) is 10.2. The van der Waals surface area contributed by atoms with E-state index in [1.165, 1.54) is 5.57 Å². The Morgan fingerprint density at radius 1 is 1.24 bits per heavy atom. The van der Waals surface area contributed by atoms with E-state index >= 15 is 0 Å². The summed E-state index contributed by atoms with van der Waals surface area (Å²) in [6, 6.07) is 4.41. The highest BCUT2D eigenvalue weighted by molar-refractivity contribution is 5.90. The largest absolute Gasteiger partial charge is 0.350 e. The zero-order valence-corrected chi connectivity index (χ0v) is 22.9. The molecule has 38 heavy (non-hydrogen) atoms. The van der Waals surface area contributed by atoms with E-state index in [0.717, 1.165) is 55.4 Å². The van der Waals surface area contributed by atoms with Gasteiger partial charge < -0.3 is 20.9 Å². The number of fused-ring (bicyclic) bond motifs is 1. The first-order valence-electron chi connectivity index (χ1n) is 13.8. The number of hydrogen-bond acceptors (Lipinski definition) is 6. The SMILES string of the molecule is C/C=C(\CC)C[C@@H]1C[C@@H](C(=O)NCc2ccc3c(c2)nnn3C)N(C(=O)[C@H](N)CCC(=O)N2CCCC2)C1. The van der Waals surface area contributed by atoms with E-state index in [2.05, 4.69) is 28.6 Å². The molecule has 0 aliphatic carbocycles. The maximum absolute atomic E-state index is 13.5. The molecule has 2 saturated heterocycles. The van der Waals surface area contributed by atoms with Gasteiger partial charge in [0.1, 0.15) is 11.6 Å². The van der Waals surface area contributed by atoms with Gasteiger partial charge in [-0.2, -0.15) is 0 Å². The Bertz CT molecular complexity index is 1180. The third-order valence-corrected chi connectivity index (χ3v) is 7.97. The normalized spacial score (nSPS) is 20.8. The Balaban J connectivity index is 1.41. The molecular weight excluding hydrogens is 482 g/mol. The molecule has 3 N–H and O–H groups in total. The molecule has 0 bridgehead atoms. The van der Waals surface area contributed by atoms with Crippen LogP contribution in [0.4, 0.5) is 0 Å². The van der Waals surface area contributed by atoms with Gasteiger partial charge in [-0.3, -0.25) is 14.4 Å². The Hall–Kier alpha value is -3.27. The van der Waals surface area contributed by atoms with Gasteiger partial charge in [0, 0.05) is 39.6 Å². The summed E-state index contributed by atoms with van der Waals surface area (Å²) in [5, 5.41) is 11.2. The van der Waals surface area contributed by atoms with Crippen molar-refractivity contribution in [2.45, 2.75) is 77.4 Å². The molecule has 3 atom stereocenters. The topological polar surface area (TPSA) is 126 Å². The monoisotopic (exact) mass is 523 g/mol. The minimum Gasteiger partial charge on any atom is -0.350 e. The van der Waals surface area contributed by atoms with Crippen LogP contribution in [0.5, 0.6) is 0 Å². The van der Waals surface area contributed by atoms with Crippen molar-refractivity contribution >= 4 is 28.8 Å². The molecule has 2 fully saturated rings. The van der Waals surface area contributed by atoms with Crippen molar-refractivity contribution in [3.05, 3.63) is 35.4 Å². The quantitative estimate of drug-likeness (QED) is 0.460. The first kappa shape index (κ1) is 27.8. The van der Waals surface area contributed by atoms with Crippen LogP contribution in [0.3, 0.4) is 0 Å². The van der Waals surface area contributed by atoms with Gasteiger partial charge in [-0.1, -0.05) is 29.9 Å².